The molecule has 0 aliphatic carbocycles. The van der Waals surface area contributed by atoms with Crippen LogP contribution in [0, 0.1) is 0 Å². The lowest BCUT2D eigenvalue weighted by molar-refractivity contribution is -0.137. The summed E-state index contributed by atoms with van der Waals surface area (Å²) in [6, 6.07) is 10.3. The third-order valence-corrected chi connectivity index (χ3v) is 3.66. The summed E-state index contributed by atoms with van der Waals surface area (Å²) in [5.74, 6) is -0.682. The van der Waals surface area contributed by atoms with Crippen LogP contribution in [0.5, 0.6) is 0 Å². The number of pyridine rings is 1. The highest BCUT2D eigenvalue weighted by atomic mass is 16.4. The van der Waals surface area contributed by atoms with Gasteiger partial charge in [0.2, 0.25) is 0 Å². The average Bonchev–Trinajstić information content (AvgIpc) is 2.74. The van der Waals surface area contributed by atoms with Crippen LogP contribution in [0.1, 0.15) is 49.3 Å². The predicted molar refractivity (Wildman–Crippen MR) is 92.5 cm³/mol. The summed E-state index contributed by atoms with van der Waals surface area (Å²) in [7, 11) is 0. The number of hydrogen-bond acceptors (Lipinski definition) is 3. The van der Waals surface area contributed by atoms with Crippen LogP contribution in [-0.4, -0.2) is 22.3 Å². The number of rotatable bonds is 4. The second kappa shape index (κ2) is 8.83. The maximum Gasteiger partial charge on any atom is 0.303 e. The predicted octanol–water partition coefficient (Wildman–Crippen LogP) is 4.39. The summed E-state index contributed by atoms with van der Waals surface area (Å²) in [5, 5.41) is 8.14. The van der Waals surface area contributed by atoms with Gasteiger partial charge in [-0.2, -0.15) is 0 Å². The number of para-hydroxylation sites is 1. The highest BCUT2D eigenvalue weighted by molar-refractivity contribution is 5.85. The molecule has 0 fully saturated rings. The van der Waals surface area contributed by atoms with Gasteiger partial charge in [-0.25, -0.2) is 0 Å². The lowest BCUT2D eigenvalue weighted by Crippen LogP contribution is -1.92. The van der Waals surface area contributed by atoms with Gasteiger partial charge in [-0.15, -0.1) is 0 Å². The van der Waals surface area contributed by atoms with Gasteiger partial charge in [-0.3, -0.25) is 14.8 Å². The number of carbonyl (C=O) groups is 1. The van der Waals surface area contributed by atoms with E-state index in [1.54, 1.807) is 0 Å². The fourth-order valence-corrected chi connectivity index (χ4v) is 2.37. The van der Waals surface area contributed by atoms with Crippen molar-refractivity contribution in [3.05, 3.63) is 59.4 Å². The Morgan fingerprint density at radius 2 is 2.00 bits per heavy atom. The first-order valence-electron chi connectivity index (χ1n) is 7.97. The Labute approximate surface area is 136 Å². The molecule has 0 saturated carbocycles. The molecule has 1 aliphatic rings. The van der Waals surface area contributed by atoms with E-state index in [0.717, 1.165) is 36.9 Å². The van der Waals surface area contributed by atoms with Gasteiger partial charge in [-0.1, -0.05) is 38.0 Å². The van der Waals surface area contributed by atoms with Crippen LogP contribution in [-0.2, 0) is 11.2 Å². The molecule has 0 bridgehead atoms. The SMILES string of the molecule is C1=Nc2ccccc2Cc2ccncc21.CCCCCC(=O)O. The molecule has 0 saturated heterocycles. The van der Waals surface area contributed by atoms with E-state index in [9.17, 15) is 4.79 Å². The van der Waals surface area contributed by atoms with Crippen molar-refractivity contribution >= 4 is 17.9 Å². The van der Waals surface area contributed by atoms with Crippen LogP contribution < -0.4 is 0 Å². The highest BCUT2D eigenvalue weighted by Crippen LogP contribution is 2.25. The highest BCUT2D eigenvalue weighted by Gasteiger charge is 2.08. The molecule has 4 heteroatoms. The Morgan fingerprint density at radius 3 is 2.78 bits per heavy atom. The number of nitrogens with zero attached hydrogens (tertiary/aromatic N) is 2. The van der Waals surface area contributed by atoms with Crippen molar-refractivity contribution in [1.29, 1.82) is 0 Å². The molecule has 0 amide bonds. The molecule has 120 valence electrons. The average molecular weight is 310 g/mol. The van der Waals surface area contributed by atoms with E-state index < -0.39 is 5.97 Å². The van der Waals surface area contributed by atoms with E-state index in [-0.39, 0.29) is 0 Å². The number of carboxylic acid groups (broad SMARTS) is 1. The zero-order chi connectivity index (χ0) is 16.5. The molecule has 23 heavy (non-hydrogen) atoms. The number of benzene rings is 1. The van der Waals surface area contributed by atoms with Gasteiger partial charge >= 0.3 is 5.97 Å². The van der Waals surface area contributed by atoms with E-state index in [0.29, 0.717) is 6.42 Å². The van der Waals surface area contributed by atoms with Crippen LogP contribution >= 0.6 is 0 Å². The summed E-state index contributed by atoms with van der Waals surface area (Å²) >= 11 is 0. The van der Waals surface area contributed by atoms with Gasteiger partial charge in [0, 0.05) is 37.0 Å². The molecule has 1 aliphatic heterocycles. The normalized spacial score (nSPS) is 11.5. The van der Waals surface area contributed by atoms with Crippen molar-refractivity contribution in [2.45, 2.75) is 39.0 Å². The lowest BCUT2D eigenvalue weighted by Gasteiger charge is -2.03. The van der Waals surface area contributed by atoms with Crippen molar-refractivity contribution in [1.82, 2.24) is 4.98 Å². The minimum absolute atomic E-state index is 0.327. The zero-order valence-corrected chi connectivity index (χ0v) is 13.4. The first-order valence-corrected chi connectivity index (χ1v) is 7.97. The fourth-order valence-electron chi connectivity index (χ4n) is 2.37. The molecule has 2 aromatic rings. The maximum absolute atomic E-state index is 9.87. The number of aromatic nitrogens is 1. The molecule has 4 nitrogen and oxygen atoms in total. The van der Waals surface area contributed by atoms with Crippen molar-refractivity contribution < 1.29 is 9.90 Å². The Bertz CT molecular complexity index is 633. The number of hydrogen-bond donors (Lipinski definition) is 1. The molecule has 0 unspecified atom stereocenters. The second-order valence-corrected chi connectivity index (χ2v) is 5.49. The monoisotopic (exact) mass is 310 g/mol. The van der Waals surface area contributed by atoms with E-state index in [4.69, 9.17) is 5.11 Å². The van der Waals surface area contributed by atoms with Crippen molar-refractivity contribution in [2.75, 3.05) is 0 Å². The molecular formula is C19H22N2O2. The number of carboxylic acids is 1. The Balaban J connectivity index is 0.000000207. The van der Waals surface area contributed by atoms with Gasteiger partial charge in [0.1, 0.15) is 0 Å². The Kier molecular flexibility index (Phi) is 6.48. The van der Waals surface area contributed by atoms with Crippen LogP contribution in [0.2, 0.25) is 0 Å². The van der Waals surface area contributed by atoms with E-state index in [1.165, 1.54) is 11.1 Å². The molecule has 2 heterocycles. The zero-order valence-electron chi connectivity index (χ0n) is 13.4. The standard InChI is InChI=1S/C13H10N2.C6H12O2/c1-2-4-13-11(3-1)7-10-5-6-14-8-12(10)9-15-13;1-2-3-4-5-6(7)8/h1-6,8-9H,7H2;2-5H2,1H3,(H,7,8). The first kappa shape index (κ1) is 16.9. The Hall–Kier alpha value is -2.49. The second-order valence-electron chi connectivity index (χ2n) is 5.49. The molecule has 1 aromatic heterocycles. The molecule has 1 N–H and O–H groups in total. The van der Waals surface area contributed by atoms with Gasteiger partial charge in [0.05, 0.1) is 5.69 Å². The summed E-state index contributed by atoms with van der Waals surface area (Å²) < 4.78 is 0. The molecule has 0 radical (unpaired) electrons. The first-order chi connectivity index (χ1) is 11.2. The minimum atomic E-state index is -0.682. The molecule has 1 aromatic carbocycles. The maximum atomic E-state index is 9.87. The smallest absolute Gasteiger partial charge is 0.303 e. The van der Waals surface area contributed by atoms with Crippen molar-refractivity contribution in [3.63, 3.8) is 0 Å². The van der Waals surface area contributed by atoms with E-state index in [2.05, 4.69) is 35.1 Å². The number of unbranched alkanes of at least 4 members (excludes halogenated alkanes) is 2. The van der Waals surface area contributed by atoms with E-state index in [1.807, 2.05) is 30.7 Å². The quantitative estimate of drug-likeness (QED) is 0.727. The molecule has 3 rings (SSSR count). The van der Waals surface area contributed by atoms with Crippen molar-refractivity contribution in [3.8, 4) is 0 Å². The summed E-state index contributed by atoms with van der Waals surface area (Å²) in [6.45, 7) is 2.06. The summed E-state index contributed by atoms with van der Waals surface area (Å²) in [5.41, 5.74) is 4.75. The molecule has 0 spiro atoms. The third-order valence-electron chi connectivity index (χ3n) is 3.66. The Morgan fingerprint density at radius 1 is 1.17 bits per heavy atom. The van der Waals surface area contributed by atoms with Crippen LogP contribution in [0.3, 0.4) is 0 Å². The lowest BCUT2D eigenvalue weighted by atomic mass is 10.0. The van der Waals surface area contributed by atoms with Gasteiger partial charge in [0.25, 0.3) is 0 Å². The van der Waals surface area contributed by atoms with Crippen molar-refractivity contribution in [2.24, 2.45) is 4.99 Å². The minimum Gasteiger partial charge on any atom is -0.481 e. The topological polar surface area (TPSA) is 62.5 Å². The molecular weight excluding hydrogens is 288 g/mol. The number of aliphatic imine (C=N–C) groups is 1. The van der Waals surface area contributed by atoms with Gasteiger partial charge in [0.15, 0.2) is 0 Å². The number of aliphatic carboxylic acids is 1. The summed E-state index contributed by atoms with van der Waals surface area (Å²) in [6.07, 6.45) is 9.81. The van der Waals surface area contributed by atoms with E-state index >= 15 is 0 Å². The van der Waals surface area contributed by atoms with Gasteiger partial charge < -0.3 is 5.11 Å². The van der Waals surface area contributed by atoms with Crippen LogP contribution in [0.25, 0.3) is 0 Å². The van der Waals surface area contributed by atoms with Crippen LogP contribution in [0.15, 0.2) is 47.7 Å². The fraction of sp³-hybridized carbons (Fsp3) is 0.316. The largest absolute Gasteiger partial charge is 0.481 e. The summed E-state index contributed by atoms with van der Waals surface area (Å²) in [4.78, 5) is 18.4. The molecule has 0 atom stereocenters. The van der Waals surface area contributed by atoms with Gasteiger partial charge in [-0.05, 0) is 29.7 Å². The third kappa shape index (κ3) is 5.33. The van der Waals surface area contributed by atoms with Crippen LogP contribution in [0.4, 0.5) is 5.69 Å². The number of fused-ring (bicyclic) bond motifs is 2.